The number of ether oxygens (including phenoxy) is 1. The minimum atomic E-state index is 0.637. The molecular formula is C16H23N3O. The van der Waals surface area contributed by atoms with Gasteiger partial charge in [0.25, 0.3) is 0 Å². The molecule has 20 heavy (non-hydrogen) atoms. The summed E-state index contributed by atoms with van der Waals surface area (Å²) in [6, 6.07) is 8.57. The summed E-state index contributed by atoms with van der Waals surface area (Å²) in [5, 5.41) is 9.26. The molecule has 0 aromatic heterocycles. The number of rotatable bonds is 4. The number of hydrogen-bond acceptors (Lipinski definition) is 4. The summed E-state index contributed by atoms with van der Waals surface area (Å²) in [4.78, 5) is 4.81. The molecular weight excluding hydrogens is 250 g/mol. The first-order chi connectivity index (χ1) is 9.69. The van der Waals surface area contributed by atoms with Gasteiger partial charge in [0.2, 0.25) is 0 Å². The van der Waals surface area contributed by atoms with E-state index in [4.69, 9.17) is 4.74 Å². The molecule has 1 unspecified atom stereocenters. The molecule has 1 aliphatic rings. The number of piperazine rings is 1. The third-order valence-corrected chi connectivity index (χ3v) is 4.19. The van der Waals surface area contributed by atoms with Crippen molar-refractivity contribution in [3.8, 4) is 11.8 Å². The molecule has 0 radical (unpaired) electrons. The first-order valence-corrected chi connectivity index (χ1v) is 7.26. The summed E-state index contributed by atoms with van der Waals surface area (Å²) < 4.78 is 5.28. The molecule has 108 valence electrons. The number of methoxy groups -OCH3 is 1. The standard InChI is InChI=1S/C16H23N3O/c1-4-13(2)18-7-9-19(10-8-18)16-11-15(20-3)6-5-14(16)12-17/h5-6,11,13H,4,7-10H2,1-3H3. The largest absolute Gasteiger partial charge is 0.497 e. The van der Waals surface area contributed by atoms with Gasteiger partial charge in [-0.05, 0) is 25.5 Å². The molecule has 0 amide bonds. The monoisotopic (exact) mass is 273 g/mol. The molecule has 0 saturated carbocycles. The minimum absolute atomic E-state index is 0.637. The highest BCUT2D eigenvalue weighted by atomic mass is 16.5. The highest BCUT2D eigenvalue weighted by Crippen LogP contribution is 2.27. The third-order valence-electron chi connectivity index (χ3n) is 4.19. The van der Waals surface area contributed by atoms with E-state index in [1.165, 1.54) is 6.42 Å². The predicted octanol–water partition coefficient (Wildman–Crippen LogP) is 2.49. The Hall–Kier alpha value is -1.73. The van der Waals surface area contributed by atoms with E-state index >= 15 is 0 Å². The molecule has 1 aromatic carbocycles. The van der Waals surface area contributed by atoms with Gasteiger partial charge in [0, 0.05) is 38.3 Å². The summed E-state index contributed by atoms with van der Waals surface area (Å²) >= 11 is 0. The third kappa shape index (κ3) is 3.05. The maximum atomic E-state index is 9.26. The zero-order valence-corrected chi connectivity index (χ0v) is 12.6. The van der Waals surface area contributed by atoms with Gasteiger partial charge in [0.15, 0.2) is 0 Å². The van der Waals surface area contributed by atoms with Crippen LogP contribution in [0.1, 0.15) is 25.8 Å². The van der Waals surface area contributed by atoms with E-state index in [1.54, 1.807) is 7.11 Å². The van der Waals surface area contributed by atoms with Gasteiger partial charge in [-0.1, -0.05) is 6.92 Å². The van der Waals surface area contributed by atoms with Crippen molar-refractivity contribution in [2.24, 2.45) is 0 Å². The number of benzene rings is 1. The smallest absolute Gasteiger partial charge is 0.121 e. The lowest BCUT2D eigenvalue weighted by Crippen LogP contribution is -2.49. The Morgan fingerprint density at radius 1 is 1.30 bits per heavy atom. The Morgan fingerprint density at radius 2 is 2.00 bits per heavy atom. The Bertz CT molecular complexity index is 487. The van der Waals surface area contributed by atoms with Crippen LogP contribution in [0.4, 0.5) is 5.69 Å². The van der Waals surface area contributed by atoms with E-state index in [0.717, 1.165) is 43.2 Å². The summed E-state index contributed by atoms with van der Waals surface area (Å²) in [7, 11) is 1.66. The van der Waals surface area contributed by atoms with Crippen molar-refractivity contribution in [1.29, 1.82) is 5.26 Å². The van der Waals surface area contributed by atoms with Gasteiger partial charge in [-0.3, -0.25) is 4.90 Å². The Labute approximate surface area is 121 Å². The van der Waals surface area contributed by atoms with Crippen LogP contribution in [0.15, 0.2) is 18.2 Å². The lowest BCUT2D eigenvalue weighted by molar-refractivity contribution is 0.193. The zero-order chi connectivity index (χ0) is 14.5. The molecule has 4 nitrogen and oxygen atoms in total. The van der Waals surface area contributed by atoms with Crippen LogP contribution in [0.5, 0.6) is 5.75 Å². The van der Waals surface area contributed by atoms with E-state index in [2.05, 4.69) is 29.7 Å². The van der Waals surface area contributed by atoms with Crippen LogP contribution in [0, 0.1) is 11.3 Å². The molecule has 1 aromatic rings. The zero-order valence-electron chi connectivity index (χ0n) is 12.6. The molecule has 4 heteroatoms. The second kappa shape index (κ2) is 6.62. The average Bonchev–Trinajstić information content (AvgIpc) is 2.53. The van der Waals surface area contributed by atoms with Crippen molar-refractivity contribution in [3.63, 3.8) is 0 Å². The van der Waals surface area contributed by atoms with Crippen LogP contribution in [0.2, 0.25) is 0 Å². The quantitative estimate of drug-likeness (QED) is 0.845. The molecule has 0 aliphatic carbocycles. The topological polar surface area (TPSA) is 39.5 Å². The van der Waals surface area contributed by atoms with Gasteiger partial charge in [0.05, 0.1) is 18.4 Å². The lowest BCUT2D eigenvalue weighted by atomic mass is 10.1. The summed E-state index contributed by atoms with van der Waals surface area (Å²) in [6.07, 6.45) is 1.18. The van der Waals surface area contributed by atoms with E-state index in [-0.39, 0.29) is 0 Å². The Balaban J connectivity index is 2.12. The van der Waals surface area contributed by atoms with Gasteiger partial charge in [-0.15, -0.1) is 0 Å². The van der Waals surface area contributed by atoms with Gasteiger partial charge >= 0.3 is 0 Å². The molecule has 1 heterocycles. The Kier molecular flexibility index (Phi) is 4.86. The van der Waals surface area contributed by atoms with Gasteiger partial charge in [-0.2, -0.15) is 5.26 Å². The maximum Gasteiger partial charge on any atom is 0.121 e. The SMILES string of the molecule is CCC(C)N1CCN(c2cc(OC)ccc2C#N)CC1. The number of nitrogens with zero attached hydrogens (tertiary/aromatic N) is 3. The van der Waals surface area contributed by atoms with Crippen molar-refractivity contribution in [3.05, 3.63) is 23.8 Å². The fourth-order valence-electron chi connectivity index (χ4n) is 2.66. The molecule has 1 fully saturated rings. The number of nitriles is 1. The fraction of sp³-hybridized carbons (Fsp3) is 0.562. The lowest BCUT2D eigenvalue weighted by Gasteiger charge is -2.39. The van der Waals surface area contributed by atoms with Gasteiger partial charge < -0.3 is 9.64 Å². The van der Waals surface area contributed by atoms with Crippen LogP contribution in [0.25, 0.3) is 0 Å². The molecule has 2 rings (SSSR count). The van der Waals surface area contributed by atoms with E-state index in [1.807, 2.05) is 18.2 Å². The molecule has 1 saturated heterocycles. The summed E-state index contributed by atoms with van der Waals surface area (Å²) in [6.45, 7) is 8.54. The molecule has 0 N–H and O–H groups in total. The molecule has 1 atom stereocenters. The van der Waals surface area contributed by atoms with Crippen LogP contribution in [0.3, 0.4) is 0 Å². The van der Waals surface area contributed by atoms with E-state index in [9.17, 15) is 5.26 Å². The van der Waals surface area contributed by atoms with Crippen molar-refractivity contribution in [2.45, 2.75) is 26.3 Å². The molecule has 1 aliphatic heterocycles. The highest BCUT2D eigenvalue weighted by molar-refractivity contribution is 5.62. The normalized spacial score (nSPS) is 17.6. The average molecular weight is 273 g/mol. The van der Waals surface area contributed by atoms with E-state index in [0.29, 0.717) is 6.04 Å². The van der Waals surface area contributed by atoms with Crippen molar-refractivity contribution < 1.29 is 4.74 Å². The van der Waals surface area contributed by atoms with Crippen LogP contribution in [-0.2, 0) is 0 Å². The highest BCUT2D eigenvalue weighted by Gasteiger charge is 2.22. The predicted molar refractivity (Wildman–Crippen MR) is 81.2 cm³/mol. The number of anilines is 1. The van der Waals surface area contributed by atoms with Crippen molar-refractivity contribution >= 4 is 5.69 Å². The summed E-state index contributed by atoms with van der Waals surface area (Å²) in [5.74, 6) is 0.809. The second-order valence-corrected chi connectivity index (χ2v) is 5.28. The van der Waals surface area contributed by atoms with Crippen LogP contribution >= 0.6 is 0 Å². The molecule has 0 spiro atoms. The second-order valence-electron chi connectivity index (χ2n) is 5.28. The van der Waals surface area contributed by atoms with Crippen molar-refractivity contribution in [1.82, 2.24) is 4.90 Å². The van der Waals surface area contributed by atoms with Gasteiger partial charge in [0.1, 0.15) is 11.8 Å². The van der Waals surface area contributed by atoms with Crippen LogP contribution in [-0.4, -0.2) is 44.2 Å². The maximum absolute atomic E-state index is 9.26. The Morgan fingerprint density at radius 3 is 2.55 bits per heavy atom. The number of hydrogen-bond donors (Lipinski definition) is 0. The van der Waals surface area contributed by atoms with E-state index < -0.39 is 0 Å². The molecule has 0 bridgehead atoms. The first kappa shape index (κ1) is 14.7. The minimum Gasteiger partial charge on any atom is -0.497 e. The van der Waals surface area contributed by atoms with Crippen molar-refractivity contribution in [2.75, 3.05) is 38.2 Å². The van der Waals surface area contributed by atoms with Crippen LogP contribution < -0.4 is 9.64 Å². The first-order valence-electron chi connectivity index (χ1n) is 7.26. The summed E-state index contributed by atoms with van der Waals surface area (Å²) in [5.41, 5.74) is 1.72. The fourth-order valence-corrected chi connectivity index (χ4v) is 2.66. The van der Waals surface area contributed by atoms with Gasteiger partial charge in [-0.25, -0.2) is 0 Å².